The van der Waals surface area contributed by atoms with Gasteiger partial charge >= 0.3 is 6.85 Å². The van der Waals surface area contributed by atoms with Crippen LogP contribution in [0.1, 0.15) is 83.6 Å². The highest BCUT2D eigenvalue weighted by atomic mass is 32.1. The second-order valence-electron chi connectivity index (χ2n) is 23.5. The Morgan fingerprint density at radius 2 is 1.12 bits per heavy atom. The first kappa shape index (κ1) is 44.2. The smallest absolute Gasteiger partial charge is 0.333 e. The van der Waals surface area contributed by atoms with E-state index in [0.717, 1.165) is 46.9 Å². The third kappa shape index (κ3) is 6.32. The van der Waals surface area contributed by atoms with Crippen LogP contribution in [-0.4, -0.2) is 6.85 Å². The molecule has 15 rings (SSSR count). The van der Waals surface area contributed by atoms with Gasteiger partial charge in [-0.2, -0.15) is 0 Å². The normalized spacial score (nSPS) is 15.8. The van der Waals surface area contributed by atoms with Crippen LogP contribution in [-0.2, 0) is 16.2 Å². The Hall–Kier alpha value is -7.32. The van der Waals surface area contributed by atoms with Gasteiger partial charge in [-0.3, -0.25) is 0 Å². The van der Waals surface area contributed by atoms with Gasteiger partial charge in [-0.15, -0.1) is 22.7 Å². The van der Waals surface area contributed by atoms with Crippen LogP contribution in [0.2, 0.25) is 0 Å². The van der Waals surface area contributed by atoms with Crippen molar-refractivity contribution in [2.75, 3.05) is 9.71 Å². The number of hydrogen-bond acceptors (Lipinski definition) is 6. The molecular weight excluding hydrogens is 940 g/mol. The molecule has 0 bridgehead atoms. The molecule has 11 aromatic rings. The molecule has 360 valence electrons. The van der Waals surface area contributed by atoms with Crippen LogP contribution in [0.25, 0.3) is 62.6 Å². The van der Waals surface area contributed by atoms with Crippen molar-refractivity contribution in [3.63, 3.8) is 0 Å². The summed E-state index contributed by atoms with van der Waals surface area (Å²) in [5.41, 5.74) is 18.7. The summed E-state index contributed by atoms with van der Waals surface area (Å²) in [5, 5.41) is 5.13. The van der Waals surface area contributed by atoms with Gasteiger partial charge in [-0.05, 0) is 141 Å². The van der Waals surface area contributed by atoms with Crippen LogP contribution in [0.5, 0.6) is 23.0 Å². The van der Waals surface area contributed by atoms with Gasteiger partial charge in [0.1, 0.15) is 0 Å². The summed E-state index contributed by atoms with van der Waals surface area (Å²) in [5.74, 6) is 2.87. The average molecular weight is 995 g/mol. The first-order valence-corrected chi connectivity index (χ1v) is 27.8. The molecule has 0 fully saturated rings. The fourth-order valence-corrected chi connectivity index (χ4v) is 15.4. The average Bonchev–Trinajstić information content (AvgIpc) is 4.12. The van der Waals surface area contributed by atoms with Crippen molar-refractivity contribution < 1.29 is 9.47 Å². The van der Waals surface area contributed by atoms with Crippen molar-refractivity contribution in [2.24, 2.45) is 0 Å². The third-order valence-corrected chi connectivity index (χ3v) is 19.4. The number of ether oxygens (including phenoxy) is 2. The fraction of sp³-hybridized carbons (Fsp3) is 0.194. The molecule has 7 heteroatoms. The van der Waals surface area contributed by atoms with Gasteiger partial charge in [-0.1, -0.05) is 139 Å². The summed E-state index contributed by atoms with van der Waals surface area (Å²) in [6, 6.07) is 61.7. The highest BCUT2D eigenvalue weighted by Gasteiger charge is 2.49. The quantitative estimate of drug-likeness (QED) is 0.165. The fourth-order valence-electron chi connectivity index (χ4n) is 13.0. The maximum absolute atomic E-state index is 6.97. The van der Waals surface area contributed by atoms with Crippen LogP contribution in [0.4, 0.5) is 28.4 Å². The summed E-state index contributed by atoms with van der Waals surface area (Å²) < 4.78 is 19.1. The third-order valence-electron chi connectivity index (χ3n) is 17.0. The number of nitrogens with zero attached hydrogens (tertiary/aromatic N) is 2. The summed E-state index contributed by atoms with van der Waals surface area (Å²) in [6.07, 6.45) is 2.29. The highest BCUT2D eigenvalue weighted by Crippen LogP contribution is 2.58. The summed E-state index contributed by atoms with van der Waals surface area (Å²) in [6.45, 7) is 18.8. The van der Waals surface area contributed by atoms with Crippen LogP contribution in [0.15, 0.2) is 164 Å². The predicted octanol–water partition coefficient (Wildman–Crippen LogP) is 18.6. The number of benzene rings is 9. The summed E-state index contributed by atoms with van der Waals surface area (Å²) >= 11 is 3.83. The largest absolute Gasteiger partial charge is 0.450 e. The molecule has 4 nitrogen and oxygen atoms in total. The Morgan fingerprint density at radius 1 is 0.500 bits per heavy atom. The highest BCUT2D eigenvalue weighted by molar-refractivity contribution is 7.27. The Morgan fingerprint density at radius 3 is 1.84 bits per heavy atom. The van der Waals surface area contributed by atoms with E-state index in [9.17, 15) is 0 Å². The van der Waals surface area contributed by atoms with Crippen molar-refractivity contribution in [3.05, 3.63) is 186 Å². The first-order valence-electron chi connectivity index (χ1n) is 26.2. The Balaban J connectivity index is 1.13. The first-order chi connectivity index (χ1) is 35.7. The lowest BCUT2D eigenvalue weighted by Crippen LogP contribution is -2.61. The molecule has 1 aliphatic carbocycles. The van der Waals surface area contributed by atoms with Crippen LogP contribution < -0.4 is 30.1 Å². The van der Waals surface area contributed by atoms with Gasteiger partial charge in [0.2, 0.25) is 0 Å². The predicted molar refractivity (Wildman–Crippen MR) is 317 cm³/mol. The molecule has 0 saturated heterocycles. The molecule has 2 aromatic heterocycles. The van der Waals surface area contributed by atoms with E-state index in [1.54, 1.807) is 0 Å². The molecule has 0 amide bonds. The van der Waals surface area contributed by atoms with Gasteiger partial charge in [0, 0.05) is 91.5 Å². The topological polar surface area (TPSA) is 24.9 Å². The number of rotatable bonds is 3. The SMILES string of the molecule is Cc1cc2c(cc1N1c3cc4c(cc3B3c5c1cc1c(sc6ccccc61)c5-c1cc5sc6ccccc6c5cc1N3c1ccc(C(C)(C)C)cc1-c1ccccc1)Oc1ccccc1O4)C(C)(C)CCC2(C)C. The molecule has 0 spiro atoms. The second-order valence-corrected chi connectivity index (χ2v) is 25.7. The van der Waals surface area contributed by atoms with Crippen molar-refractivity contribution in [2.45, 2.75) is 84.5 Å². The van der Waals surface area contributed by atoms with Gasteiger partial charge in [0.05, 0.1) is 0 Å². The number of hydrogen-bond donors (Lipinski definition) is 0. The van der Waals surface area contributed by atoms with E-state index in [1.807, 2.05) is 46.9 Å². The Labute approximate surface area is 441 Å². The van der Waals surface area contributed by atoms with E-state index >= 15 is 0 Å². The minimum Gasteiger partial charge on any atom is -0.450 e. The summed E-state index contributed by atoms with van der Waals surface area (Å²) in [7, 11) is 0. The Kier molecular flexibility index (Phi) is 9.18. The second kappa shape index (κ2) is 15.4. The zero-order valence-corrected chi connectivity index (χ0v) is 44.7. The molecule has 9 aromatic carbocycles. The number of para-hydroxylation sites is 2. The van der Waals surface area contributed by atoms with Crippen LogP contribution in [0, 0.1) is 6.92 Å². The molecule has 0 radical (unpaired) electrons. The minimum atomic E-state index is -0.280. The number of fused-ring (bicyclic) bond motifs is 14. The number of thiophene rings is 2. The van der Waals surface area contributed by atoms with Crippen LogP contribution >= 0.6 is 22.7 Å². The molecule has 4 aliphatic rings. The zero-order valence-electron chi connectivity index (χ0n) is 43.1. The zero-order chi connectivity index (χ0) is 50.2. The number of anilines is 5. The molecule has 0 N–H and O–H groups in total. The monoisotopic (exact) mass is 994 g/mol. The van der Waals surface area contributed by atoms with E-state index < -0.39 is 0 Å². The van der Waals surface area contributed by atoms with Gasteiger partial charge in [0.25, 0.3) is 0 Å². The van der Waals surface area contributed by atoms with E-state index in [4.69, 9.17) is 9.47 Å². The number of aryl methyl sites for hydroxylation is 1. The van der Waals surface area contributed by atoms with E-state index in [1.165, 1.54) is 107 Å². The molecule has 0 unspecified atom stereocenters. The van der Waals surface area contributed by atoms with Gasteiger partial charge in [-0.25, -0.2) is 0 Å². The van der Waals surface area contributed by atoms with E-state index in [2.05, 4.69) is 205 Å². The molecule has 0 atom stereocenters. The van der Waals surface area contributed by atoms with E-state index in [0.29, 0.717) is 5.75 Å². The van der Waals surface area contributed by atoms with Crippen molar-refractivity contribution in [3.8, 4) is 45.3 Å². The molecule has 74 heavy (non-hydrogen) atoms. The van der Waals surface area contributed by atoms with Gasteiger partial charge < -0.3 is 19.2 Å². The van der Waals surface area contributed by atoms with Crippen molar-refractivity contribution in [1.29, 1.82) is 0 Å². The lowest BCUT2D eigenvalue weighted by molar-refractivity contribution is 0.332. The van der Waals surface area contributed by atoms with Crippen molar-refractivity contribution >= 4 is 109 Å². The lowest BCUT2D eigenvalue weighted by atomic mass is 9.43. The molecular formula is C67H55BN2O2S2. The lowest BCUT2D eigenvalue weighted by Gasteiger charge is -2.47. The maximum Gasteiger partial charge on any atom is 0.333 e. The maximum atomic E-state index is 6.97. The molecule has 0 saturated carbocycles. The molecule has 3 aliphatic heterocycles. The minimum absolute atomic E-state index is 0.00364. The van der Waals surface area contributed by atoms with Gasteiger partial charge in [0.15, 0.2) is 23.0 Å². The summed E-state index contributed by atoms with van der Waals surface area (Å²) in [4.78, 5) is 5.34. The van der Waals surface area contributed by atoms with E-state index in [-0.39, 0.29) is 23.1 Å². The van der Waals surface area contributed by atoms with Crippen LogP contribution in [0.3, 0.4) is 0 Å². The van der Waals surface area contributed by atoms with Crippen molar-refractivity contribution in [1.82, 2.24) is 0 Å². The molecule has 5 heterocycles. The standard InChI is InChI=1S/C67H55BN2O2S2/c1-38-30-47-48(67(7,8)29-28-66(47,5)6)35-51(38)69-53-37-58-57(71-55-22-14-15-23-56(55)72-58)36-49(53)68-63-54(69)33-45-42-21-13-17-25-60(42)74-64(45)62(63)46-34-61-44(41-20-12-16-24-59(41)73-61)32-52(46)70(68)50-27-26-40(65(2,3)4)31-43(50)39-18-10-9-11-19-39/h9-27,30-37H,28-29H2,1-8H3. The Bertz CT molecular complexity index is 4230.